The van der Waals surface area contributed by atoms with Crippen molar-refractivity contribution in [1.29, 1.82) is 0 Å². The van der Waals surface area contributed by atoms with Crippen LogP contribution in [0.5, 0.6) is 0 Å². The van der Waals surface area contributed by atoms with Gasteiger partial charge in [-0.05, 0) is 30.8 Å². The van der Waals surface area contributed by atoms with Crippen LogP contribution in [0.15, 0.2) is 24.3 Å². The van der Waals surface area contributed by atoms with Gasteiger partial charge >= 0.3 is 0 Å². The second-order valence-electron chi connectivity index (χ2n) is 2.92. The maximum Gasteiger partial charge on any atom is -0.0194 e. The molecule has 1 aliphatic carbocycles. The quantitative estimate of drug-likeness (QED) is 0.480. The van der Waals surface area contributed by atoms with Gasteiger partial charge in [-0.1, -0.05) is 33.1 Å². The zero-order valence-corrected chi connectivity index (χ0v) is 6.11. The fraction of sp³-hybridized carbons (Fsp3) is 0.600. The summed E-state index contributed by atoms with van der Waals surface area (Å²) in [6.45, 7) is 10.2. The van der Waals surface area contributed by atoms with Gasteiger partial charge in [-0.3, -0.25) is 0 Å². The van der Waals surface area contributed by atoms with Crippen LogP contribution in [0.2, 0.25) is 0 Å². The van der Waals surface area contributed by atoms with Crippen molar-refractivity contribution in [3.05, 3.63) is 24.3 Å². The van der Waals surface area contributed by atoms with Crippen LogP contribution in [0.25, 0.3) is 0 Å². The molecule has 0 amide bonds. The average molecular weight is 138 g/mol. The van der Waals surface area contributed by atoms with Gasteiger partial charge in [-0.25, -0.2) is 0 Å². The fourth-order valence-electron chi connectivity index (χ4n) is 1.30. The number of hydrogen-bond acceptors (Lipinski definition) is 0. The van der Waals surface area contributed by atoms with Crippen LogP contribution < -0.4 is 0 Å². The van der Waals surface area contributed by atoms with Crippen LogP contribution in [0.4, 0.5) is 0 Å². The van der Waals surface area contributed by atoms with Crippen molar-refractivity contribution < 1.29 is 0 Å². The molecule has 0 aromatic carbocycles. The van der Waals surface area contributed by atoms with Gasteiger partial charge in [0.2, 0.25) is 0 Å². The van der Waals surface area contributed by atoms with Gasteiger partial charge in [0.1, 0.15) is 0 Å². The summed E-state index contributed by atoms with van der Waals surface area (Å²) in [7, 11) is 0. The van der Waals surface area contributed by atoms with Crippen molar-refractivity contribution in [1.82, 2.24) is 0 Å². The van der Waals surface area contributed by atoms with Crippen molar-refractivity contribution in [2.75, 3.05) is 0 Å². The fourth-order valence-corrected chi connectivity index (χ4v) is 1.30. The van der Waals surface area contributed by atoms with E-state index in [1.807, 2.05) is 0 Å². The Labute approximate surface area is 64.6 Å². The molecule has 0 nitrogen and oxygen atoms in total. The molecule has 10 heavy (non-hydrogen) atoms. The van der Waals surface area contributed by atoms with Gasteiger partial charge < -0.3 is 0 Å². The van der Waals surface area contributed by atoms with E-state index >= 15 is 0 Å². The molecule has 0 aliphatic heterocycles. The van der Waals surface area contributed by atoms with Crippen molar-refractivity contribution in [3.8, 4) is 0 Å². The first-order valence-electron chi connectivity index (χ1n) is 3.58. The summed E-state index contributed by atoms with van der Waals surface area (Å²) < 4.78 is 0. The van der Waals surface area contributed by atoms with Gasteiger partial charge in [0.05, 0.1) is 0 Å². The standard InChI is InChI=1S/C9H14.CH4/c1-7-5-4-6-8(2)9(7)3;/h8H,1,3-6H2,2H3;1H4. The van der Waals surface area contributed by atoms with E-state index in [2.05, 4.69) is 20.1 Å². The summed E-state index contributed by atoms with van der Waals surface area (Å²) in [5.41, 5.74) is 2.55. The molecular weight excluding hydrogens is 120 g/mol. The molecule has 58 valence electrons. The second-order valence-corrected chi connectivity index (χ2v) is 2.92. The highest BCUT2D eigenvalue weighted by atomic mass is 14.2. The summed E-state index contributed by atoms with van der Waals surface area (Å²) >= 11 is 0. The third-order valence-corrected chi connectivity index (χ3v) is 2.16. The average Bonchev–Trinajstić information content (AvgIpc) is 1.83. The minimum atomic E-state index is 0. The maximum absolute atomic E-state index is 3.98. The molecule has 1 saturated carbocycles. The summed E-state index contributed by atoms with van der Waals surface area (Å²) in [5, 5.41) is 0. The van der Waals surface area contributed by atoms with E-state index in [-0.39, 0.29) is 7.43 Å². The summed E-state index contributed by atoms with van der Waals surface area (Å²) in [5.74, 6) is 0.686. The largest absolute Gasteiger partial charge is 0.0956 e. The summed E-state index contributed by atoms with van der Waals surface area (Å²) in [6, 6.07) is 0. The van der Waals surface area contributed by atoms with E-state index in [0.29, 0.717) is 5.92 Å². The van der Waals surface area contributed by atoms with Gasteiger partial charge in [0, 0.05) is 0 Å². The van der Waals surface area contributed by atoms with Gasteiger partial charge in [0.15, 0.2) is 0 Å². The molecule has 1 unspecified atom stereocenters. The molecule has 0 aromatic heterocycles. The lowest BCUT2D eigenvalue weighted by molar-refractivity contribution is 0.542. The lowest BCUT2D eigenvalue weighted by atomic mass is 9.84. The maximum atomic E-state index is 3.98. The SMILES string of the molecule is C.C=C1CCCC(C)C1=C. The third-order valence-electron chi connectivity index (χ3n) is 2.16. The molecule has 0 heterocycles. The zero-order chi connectivity index (χ0) is 6.85. The van der Waals surface area contributed by atoms with E-state index < -0.39 is 0 Å². The monoisotopic (exact) mass is 138 g/mol. The molecule has 1 rings (SSSR count). The van der Waals surface area contributed by atoms with E-state index in [1.165, 1.54) is 30.4 Å². The number of rotatable bonds is 0. The first kappa shape index (κ1) is 9.48. The normalized spacial score (nSPS) is 25.9. The topological polar surface area (TPSA) is 0 Å². The molecular formula is C10H18. The first-order chi connectivity index (χ1) is 4.22. The highest BCUT2D eigenvalue weighted by molar-refractivity contribution is 5.28. The van der Waals surface area contributed by atoms with Crippen molar-refractivity contribution in [2.45, 2.75) is 33.6 Å². The molecule has 0 heteroatoms. The smallest absolute Gasteiger partial charge is 0.0194 e. The Morgan fingerprint density at radius 1 is 1.40 bits per heavy atom. The van der Waals surface area contributed by atoms with Crippen LogP contribution in [-0.2, 0) is 0 Å². The van der Waals surface area contributed by atoms with Crippen LogP contribution in [-0.4, -0.2) is 0 Å². The Morgan fingerprint density at radius 3 is 2.40 bits per heavy atom. The van der Waals surface area contributed by atoms with Crippen molar-refractivity contribution in [3.63, 3.8) is 0 Å². The van der Waals surface area contributed by atoms with Crippen LogP contribution in [0.3, 0.4) is 0 Å². The van der Waals surface area contributed by atoms with E-state index in [9.17, 15) is 0 Å². The Bertz CT molecular complexity index is 142. The lowest BCUT2D eigenvalue weighted by Gasteiger charge is -2.22. The van der Waals surface area contributed by atoms with E-state index in [1.54, 1.807) is 0 Å². The Kier molecular flexibility index (Phi) is 3.41. The van der Waals surface area contributed by atoms with Crippen molar-refractivity contribution in [2.24, 2.45) is 5.92 Å². The highest BCUT2D eigenvalue weighted by Gasteiger charge is 2.14. The number of allylic oxidation sites excluding steroid dienone is 2. The molecule has 0 bridgehead atoms. The molecule has 0 N–H and O–H groups in total. The lowest BCUT2D eigenvalue weighted by Crippen LogP contribution is -2.06. The minimum absolute atomic E-state index is 0. The van der Waals surface area contributed by atoms with E-state index in [0.717, 1.165) is 0 Å². The highest BCUT2D eigenvalue weighted by Crippen LogP contribution is 2.30. The summed E-state index contributed by atoms with van der Waals surface area (Å²) in [4.78, 5) is 0. The van der Waals surface area contributed by atoms with Gasteiger partial charge in [-0.15, -0.1) is 0 Å². The predicted molar refractivity (Wildman–Crippen MR) is 48.0 cm³/mol. The van der Waals surface area contributed by atoms with Crippen LogP contribution in [0, 0.1) is 5.92 Å². The molecule has 0 spiro atoms. The van der Waals surface area contributed by atoms with Crippen LogP contribution in [0.1, 0.15) is 33.6 Å². The first-order valence-corrected chi connectivity index (χ1v) is 3.58. The Hall–Kier alpha value is -0.520. The summed E-state index contributed by atoms with van der Waals surface area (Å²) in [6.07, 6.45) is 3.78. The predicted octanol–water partition coefficient (Wildman–Crippen LogP) is 3.55. The van der Waals surface area contributed by atoms with Gasteiger partial charge in [0.25, 0.3) is 0 Å². The second kappa shape index (κ2) is 3.60. The Morgan fingerprint density at radius 2 is 2.00 bits per heavy atom. The molecule has 0 saturated heterocycles. The Balaban J connectivity index is 0.000000810. The number of hydrogen-bond donors (Lipinski definition) is 0. The molecule has 1 atom stereocenters. The van der Waals surface area contributed by atoms with Crippen molar-refractivity contribution >= 4 is 0 Å². The zero-order valence-electron chi connectivity index (χ0n) is 6.11. The molecule has 1 aliphatic rings. The van der Waals surface area contributed by atoms with Gasteiger partial charge in [-0.2, -0.15) is 0 Å². The van der Waals surface area contributed by atoms with Crippen LogP contribution >= 0.6 is 0 Å². The van der Waals surface area contributed by atoms with E-state index in [4.69, 9.17) is 0 Å². The minimum Gasteiger partial charge on any atom is -0.0956 e. The molecule has 1 fully saturated rings. The third kappa shape index (κ3) is 1.73. The molecule has 0 radical (unpaired) electrons. The molecule has 0 aromatic rings.